The van der Waals surface area contributed by atoms with Gasteiger partial charge in [-0.15, -0.1) is 0 Å². The van der Waals surface area contributed by atoms with Crippen molar-refractivity contribution in [3.05, 3.63) is 34.5 Å². The summed E-state index contributed by atoms with van der Waals surface area (Å²) >= 11 is 3.45. The Labute approximate surface area is 110 Å². The number of unbranched alkanes of at least 4 members (excludes halogenated alkanes) is 2. The van der Waals surface area contributed by atoms with Crippen molar-refractivity contribution in [2.45, 2.75) is 38.7 Å². The third kappa shape index (κ3) is 2.90. The van der Waals surface area contributed by atoms with Crippen LogP contribution in [0.5, 0.6) is 0 Å². The van der Waals surface area contributed by atoms with Crippen LogP contribution in [0.2, 0.25) is 0 Å². The average molecular weight is 297 g/mol. The molecule has 0 bridgehead atoms. The van der Waals surface area contributed by atoms with Gasteiger partial charge in [0.2, 0.25) is 0 Å². The highest BCUT2D eigenvalue weighted by atomic mass is 79.9. The van der Waals surface area contributed by atoms with E-state index in [-0.39, 0.29) is 0 Å². The predicted molar refractivity (Wildman–Crippen MR) is 73.0 cm³/mol. The van der Waals surface area contributed by atoms with Crippen molar-refractivity contribution in [3.63, 3.8) is 0 Å². The molecule has 3 heteroatoms. The number of furan rings is 1. The zero-order valence-electron chi connectivity index (χ0n) is 9.95. The normalized spacial score (nSPS) is 13.1. The number of para-hydroxylation sites is 1. The minimum Gasteiger partial charge on any atom is -0.457 e. The monoisotopic (exact) mass is 296 g/mol. The number of rotatable bonds is 5. The van der Waals surface area contributed by atoms with Crippen LogP contribution in [0.3, 0.4) is 0 Å². The molecule has 1 aromatic heterocycles. The Morgan fingerprint density at radius 2 is 2.18 bits per heavy atom. The lowest BCUT2D eigenvalue weighted by Gasteiger charge is -2.06. The molecule has 1 N–H and O–H groups in total. The van der Waals surface area contributed by atoms with Crippen LogP contribution in [0.1, 0.15) is 44.5 Å². The molecule has 1 aromatic carbocycles. The minimum atomic E-state index is -0.485. The third-order valence-electron chi connectivity index (χ3n) is 2.92. The lowest BCUT2D eigenvalue weighted by atomic mass is 10.1. The van der Waals surface area contributed by atoms with Gasteiger partial charge in [0.15, 0.2) is 0 Å². The van der Waals surface area contributed by atoms with E-state index in [4.69, 9.17) is 4.42 Å². The van der Waals surface area contributed by atoms with Crippen LogP contribution in [-0.2, 0) is 0 Å². The maximum atomic E-state index is 10.0. The molecule has 92 valence electrons. The van der Waals surface area contributed by atoms with Crippen molar-refractivity contribution in [2.24, 2.45) is 0 Å². The first-order valence-corrected chi connectivity index (χ1v) is 6.87. The maximum absolute atomic E-state index is 10.0. The van der Waals surface area contributed by atoms with Gasteiger partial charge in [-0.2, -0.15) is 0 Å². The molecule has 0 fully saturated rings. The van der Waals surface area contributed by atoms with E-state index in [2.05, 4.69) is 22.9 Å². The highest BCUT2D eigenvalue weighted by Crippen LogP contribution is 2.31. The van der Waals surface area contributed by atoms with E-state index < -0.39 is 6.10 Å². The SMILES string of the molecule is CCCCCC(O)c1cc2cccc(Br)c2o1. The second-order valence-electron chi connectivity index (χ2n) is 4.32. The number of fused-ring (bicyclic) bond motifs is 1. The van der Waals surface area contributed by atoms with Crippen LogP contribution in [0.25, 0.3) is 11.0 Å². The molecule has 0 aliphatic heterocycles. The summed E-state index contributed by atoms with van der Waals surface area (Å²) in [6.07, 6.45) is 3.64. The van der Waals surface area contributed by atoms with Crippen molar-refractivity contribution in [3.8, 4) is 0 Å². The van der Waals surface area contributed by atoms with Gasteiger partial charge in [-0.05, 0) is 34.5 Å². The van der Waals surface area contributed by atoms with Gasteiger partial charge in [0.25, 0.3) is 0 Å². The second kappa shape index (κ2) is 5.69. The topological polar surface area (TPSA) is 33.4 Å². The molecule has 2 aromatic rings. The minimum absolute atomic E-state index is 0.485. The van der Waals surface area contributed by atoms with E-state index in [0.717, 1.165) is 34.7 Å². The first-order valence-electron chi connectivity index (χ1n) is 6.08. The highest BCUT2D eigenvalue weighted by Gasteiger charge is 2.13. The van der Waals surface area contributed by atoms with E-state index in [1.165, 1.54) is 6.42 Å². The standard InChI is InChI=1S/C14H17BrO2/c1-2-3-4-8-12(16)13-9-10-6-5-7-11(15)14(10)17-13/h5-7,9,12,16H,2-4,8H2,1H3. The highest BCUT2D eigenvalue weighted by molar-refractivity contribution is 9.10. The van der Waals surface area contributed by atoms with Crippen molar-refractivity contribution >= 4 is 26.9 Å². The third-order valence-corrected chi connectivity index (χ3v) is 3.55. The first kappa shape index (κ1) is 12.7. The fourth-order valence-electron chi connectivity index (χ4n) is 1.94. The number of hydrogen-bond acceptors (Lipinski definition) is 2. The van der Waals surface area contributed by atoms with Crippen molar-refractivity contribution in [2.75, 3.05) is 0 Å². The number of halogens is 1. The summed E-state index contributed by atoms with van der Waals surface area (Å²) in [5.41, 5.74) is 0.817. The van der Waals surface area contributed by atoms with Gasteiger partial charge in [-0.3, -0.25) is 0 Å². The average Bonchev–Trinajstić information content (AvgIpc) is 2.75. The fourth-order valence-corrected chi connectivity index (χ4v) is 2.40. The summed E-state index contributed by atoms with van der Waals surface area (Å²) in [6, 6.07) is 7.83. The van der Waals surface area contributed by atoms with Crippen molar-refractivity contribution < 1.29 is 9.52 Å². The largest absolute Gasteiger partial charge is 0.457 e. The number of benzene rings is 1. The molecule has 1 unspecified atom stereocenters. The molecular formula is C14H17BrO2. The Kier molecular flexibility index (Phi) is 4.24. The van der Waals surface area contributed by atoms with E-state index in [9.17, 15) is 5.11 Å². The molecule has 17 heavy (non-hydrogen) atoms. The van der Waals surface area contributed by atoms with Crippen LogP contribution >= 0.6 is 15.9 Å². The van der Waals surface area contributed by atoms with Crippen LogP contribution in [0.15, 0.2) is 33.2 Å². The van der Waals surface area contributed by atoms with Gasteiger partial charge >= 0.3 is 0 Å². The molecule has 1 atom stereocenters. The Balaban J connectivity index is 2.16. The van der Waals surface area contributed by atoms with E-state index in [1.807, 2.05) is 24.3 Å². The summed E-state index contributed by atoms with van der Waals surface area (Å²) in [5.74, 6) is 0.669. The van der Waals surface area contributed by atoms with Gasteiger partial charge in [-0.25, -0.2) is 0 Å². The lowest BCUT2D eigenvalue weighted by Crippen LogP contribution is -1.94. The number of hydrogen-bond donors (Lipinski definition) is 1. The van der Waals surface area contributed by atoms with Gasteiger partial charge in [0.05, 0.1) is 4.47 Å². The summed E-state index contributed by atoms with van der Waals surface area (Å²) in [7, 11) is 0. The molecule has 2 nitrogen and oxygen atoms in total. The number of aliphatic hydroxyl groups excluding tert-OH is 1. The summed E-state index contributed by atoms with van der Waals surface area (Å²) in [5, 5.41) is 11.1. The van der Waals surface area contributed by atoms with E-state index >= 15 is 0 Å². The summed E-state index contributed by atoms with van der Waals surface area (Å²) in [4.78, 5) is 0. The second-order valence-corrected chi connectivity index (χ2v) is 5.17. The van der Waals surface area contributed by atoms with Gasteiger partial charge in [0.1, 0.15) is 17.4 Å². The van der Waals surface area contributed by atoms with E-state index in [1.54, 1.807) is 0 Å². The van der Waals surface area contributed by atoms with Crippen LogP contribution in [0.4, 0.5) is 0 Å². The van der Waals surface area contributed by atoms with Crippen molar-refractivity contribution in [1.29, 1.82) is 0 Å². The molecule has 0 saturated carbocycles. The Bertz CT molecular complexity index is 490. The van der Waals surface area contributed by atoms with Gasteiger partial charge in [0, 0.05) is 5.39 Å². The molecule has 2 rings (SSSR count). The Hall–Kier alpha value is -0.800. The first-order chi connectivity index (χ1) is 8.22. The maximum Gasteiger partial charge on any atom is 0.148 e. The van der Waals surface area contributed by atoms with Gasteiger partial charge < -0.3 is 9.52 Å². The van der Waals surface area contributed by atoms with E-state index in [0.29, 0.717) is 5.76 Å². The number of aliphatic hydroxyl groups is 1. The molecule has 1 heterocycles. The molecule has 0 amide bonds. The van der Waals surface area contributed by atoms with Crippen LogP contribution in [-0.4, -0.2) is 5.11 Å². The fraction of sp³-hybridized carbons (Fsp3) is 0.429. The molecule has 0 aliphatic carbocycles. The van der Waals surface area contributed by atoms with Gasteiger partial charge in [-0.1, -0.05) is 38.3 Å². The summed E-state index contributed by atoms with van der Waals surface area (Å²) < 4.78 is 6.63. The Morgan fingerprint density at radius 3 is 2.88 bits per heavy atom. The molecule has 0 saturated heterocycles. The molecular weight excluding hydrogens is 280 g/mol. The zero-order chi connectivity index (χ0) is 12.3. The smallest absolute Gasteiger partial charge is 0.148 e. The molecule has 0 aliphatic rings. The lowest BCUT2D eigenvalue weighted by molar-refractivity contribution is 0.139. The van der Waals surface area contributed by atoms with Crippen LogP contribution < -0.4 is 0 Å². The Morgan fingerprint density at radius 1 is 1.35 bits per heavy atom. The zero-order valence-corrected chi connectivity index (χ0v) is 11.5. The molecule has 0 radical (unpaired) electrons. The quantitative estimate of drug-likeness (QED) is 0.803. The van der Waals surface area contributed by atoms with Crippen LogP contribution in [0, 0.1) is 0 Å². The predicted octanol–water partition coefficient (Wildman–Crippen LogP) is 4.81. The summed E-state index contributed by atoms with van der Waals surface area (Å²) in [6.45, 7) is 2.16. The molecule has 0 spiro atoms. The van der Waals surface area contributed by atoms with Crippen molar-refractivity contribution in [1.82, 2.24) is 0 Å².